The van der Waals surface area contributed by atoms with Gasteiger partial charge in [-0.1, -0.05) is 24.3 Å². The summed E-state index contributed by atoms with van der Waals surface area (Å²) in [5.74, 6) is 0.452. The van der Waals surface area contributed by atoms with E-state index in [-0.39, 0.29) is 5.91 Å². The smallest absolute Gasteiger partial charge is 0.229 e. The number of nitrogens with one attached hydrogen (secondary N) is 2. The highest BCUT2D eigenvalue weighted by Crippen LogP contribution is 2.28. The van der Waals surface area contributed by atoms with Crippen molar-refractivity contribution < 1.29 is 13.2 Å². The molecule has 5 nitrogen and oxygen atoms in total. The van der Waals surface area contributed by atoms with Crippen LogP contribution in [0.15, 0.2) is 57.9 Å². The lowest BCUT2D eigenvalue weighted by atomic mass is 10.2. The number of sulfonamides is 1. The van der Waals surface area contributed by atoms with Gasteiger partial charge in [-0.3, -0.25) is 9.52 Å². The molecule has 2 rings (SSSR count). The number of hydrogen-bond acceptors (Lipinski definition) is 4. The van der Waals surface area contributed by atoms with Gasteiger partial charge < -0.3 is 5.32 Å². The number of thioether (sulfide) groups is 1. The van der Waals surface area contributed by atoms with Crippen LogP contribution >= 0.6 is 27.7 Å². The van der Waals surface area contributed by atoms with E-state index in [1.165, 1.54) is 0 Å². The van der Waals surface area contributed by atoms with Crippen LogP contribution in [0.5, 0.6) is 0 Å². The third-order valence-electron chi connectivity index (χ3n) is 2.92. The molecule has 0 spiro atoms. The predicted molar refractivity (Wildman–Crippen MR) is 103 cm³/mol. The molecule has 2 aromatic rings. The van der Waals surface area contributed by atoms with E-state index in [9.17, 15) is 13.2 Å². The molecule has 0 radical (unpaired) electrons. The van der Waals surface area contributed by atoms with E-state index >= 15 is 0 Å². The largest absolute Gasteiger partial charge is 0.324 e. The lowest BCUT2D eigenvalue weighted by Gasteiger charge is -2.12. The summed E-state index contributed by atoms with van der Waals surface area (Å²) in [5, 5.41) is 2.74. The van der Waals surface area contributed by atoms with Gasteiger partial charge in [0.05, 0.1) is 17.6 Å². The van der Waals surface area contributed by atoms with E-state index in [1.807, 2.05) is 24.3 Å². The van der Waals surface area contributed by atoms with Gasteiger partial charge in [0.15, 0.2) is 0 Å². The Bertz CT molecular complexity index is 826. The van der Waals surface area contributed by atoms with Crippen molar-refractivity contribution in [3.8, 4) is 0 Å². The van der Waals surface area contributed by atoms with Gasteiger partial charge in [0.25, 0.3) is 0 Å². The number of amides is 1. The number of carbonyl (C=O) groups is 1. The highest BCUT2D eigenvalue weighted by Gasteiger charge is 2.10. The normalized spacial score (nSPS) is 11.1. The Morgan fingerprint density at radius 2 is 1.71 bits per heavy atom. The third kappa shape index (κ3) is 6.18. The van der Waals surface area contributed by atoms with Crippen LogP contribution in [0.25, 0.3) is 0 Å². The third-order valence-corrected chi connectivity index (χ3v) is 5.54. The topological polar surface area (TPSA) is 75.3 Å². The Balaban J connectivity index is 1.92. The van der Waals surface area contributed by atoms with Gasteiger partial charge in [-0.2, -0.15) is 0 Å². The lowest BCUT2D eigenvalue weighted by Crippen LogP contribution is -2.16. The minimum Gasteiger partial charge on any atom is -0.324 e. The fourth-order valence-corrected chi connectivity index (χ4v) is 4.00. The predicted octanol–water partition coefficient (Wildman–Crippen LogP) is 3.94. The molecular weight excluding hydrogens is 412 g/mol. The summed E-state index contributed by atoms with van der Waals surface area (Å²) in [6, 6.07) is 14.5. The van der Waals surface area contributed by atoms with Crippen LogP contribution in [0.4, 0.5) is 11.4 Å². The molecule has 0 aliphatic carbocycles. The van der Waals surface area contributed by atoms with Crippen LogP contribution in [0, 0.1) is 0 Å². The molecule has 128 valence electrons. The number of anilines is 2. The maximum atomic E-state index is 12.1. The average molecular weight is 429 g/mol. The van der Waals surface area contributed by atoms with Crippen molar-refractivity contribution in [2.45, 2.75) is 11.3 Å². The molecule has 0 heterocycles. The molecule has 8 heteroatoms. The van der Waals surface area contributed by atoms with Crippen molar-refractivity contribution in [3.05, 3.63) is 53.0 Å². The first kappa shape index (κ1) is 18.8. The molecule has 0 saturated carbocycles. The van der Waals surface area contributed by atoms with Gasteiger partial charge in [0, 0.05) is 21.5 Å². The zero-order valence-electron chi connectivity index (χ0n) is 13.0. The van der Waals surface area contributed by atoms with Crippen LogP contribution in [-0.2, 0) is 14.8 Å². The molecule has 24 heavy (non-hydrogen) atoms. The number of rotatable bonds is 7. The molecule has 0 aliphatic heterocycles. The summed E-state index contributed by atoms with van der Waals surface area (Å²) in [7, 11) is -3.40. The first-order chi connectivity index (χ1) is 11.3. The van der Waals surface area contributed by atoms with Gasteiger partial charge in [-0.15, -0.1) is 11.8 Å². The van der Waals surface area contributed by atoms with Crippen molar-refractivity contribution in [2.24, 2.45) is 0 Å². The van der Waals surface area contributed by atoms with E-state index in [0.717, 1.165) is 15.6 Å². The number of benzene rings is 2. The first-order valence-electron chi connectivity index (χ1n) is 7.09. The molecule has 0 saturated heterocycles. The second-order valence-corrected chi connectivity index (χ2v) is 8.74. The highest BCUT2D eigenvalue weighted by molar-refractivity contribution is 9.10. The lowest BCUT2D eigenvalue weighted by molar-refractivity contribution is -0.115. The Labute approximate surface area is 154 Å². The molecule has 0 bridgehead atoms. The number of para-hydroxylation sites is 2. The fraction of sp³-hybridized carbons (Fsp3) is 0.188. The number of carbonyl (C=O) groups excluding carboxylic acids is 1. The standard InChI is InChI=1S/C16H17BrN2O3S2/c1-24(21,22)19-14-8-4-3-7-13(14)18-16(20)10-11-23-15-9-5-2-6-12(15)17/h2-9,19H,10-11H2,1H3,(H,18,20). The molecule has 0 unspecified atom stereocenters. The van der Waals surface area contributed by atoms with Crippen LogP contribution < -0.4 is 10.0 Å². The van der Waals surface area contributed by atoms with E-state index < -0.39 is 10.0 Å². The van der Waals surface area contributed by atoms with E-state index in [4.69, 9.17) is 0 Å². The molecule has 0 atom stereocenters. The van der Waals surface area contributed by atoms with Crippen molar-refractivity contribution in [3.63, 3.8) is 0 Å². The molecule has 0 fully saturated rings. The zero-order valence-corrected chi connectivity index (χ0v) is 16.2. The second kappa shape index (κ2) is 8.55. The highest BCUT2D eigenvalue weighted by atomic mass is 79.9. The van der Waals surface area contributed by atoms with Gasteiger partial charge in [0.2, 0.25) is 15.9 Å². The Morgan fingerprint density at radius 1 is 1.08 bits per heavy atom. The first-order valence-corrected chi connectivity index (χ1v) is 10.8. The Hall–Kier alpha value is -1.51. The maximum absolute atomic E-state index is 12.1. The van der Waals surface area contributed by atoms with Gasteiger partial charge in [-0.25, -0.2) is 8.42 Å². The van der Waals surface area contributed by atoms with E-state index in [1.54, 1.807) is 36.0 Å². The van der Waals surface area contributed by atoms with E-state index in [2.05, 4.69) is 26.0 Å². The molecule has 2 N–H and O–H groups in total. The average Bonchev–Trinajstić information content (AvgIpc) is 2.50. The van der Waals surface area contributed by atoms with Gasteiger partial charge >= 0.3 is 0 Å². The number of hydrogen-bond donors (Lipinski definition) is 2. The van der Waals surface area contributed by atoms with Crippen LogP contribution in [0.2, 0.25) is 0 Å². The molecule has 0 aromatic heterocycles. The minimum atomic E-state index is -3.40. The molecule has 1 amide bonds. The summed E-state index contributed by atoms with van der Waals surface area (Å²) in [6.45, 7) is 0. The molecule has 0 aliphatic rings. The quantitative estimate of drug-likeness (QED) is 0.654. The van der Waals surface area contributed by atoms with Crippen molar-refractivity contribution in [1.82, 2.24) is 0 Å². The summed E-state index contributed by atoms with van der Waals surface area (Å²) >= 11 is 5.05. The molecular formula is C16H17BrN2O3S2. The summed E-state index contributed by atoms with van der Waals surface area (Å²) in [4.78, 5) is 13.2. The van der Waals surface area contributed by atoms with Crippen molar-refractivity contribution in [2.75, 3.05) is 22.0 Å². The fourth-order valence-electron chi connectivity index (χ4n) is 1.91. The maximum Gasteiger partial charge on any atom is 0.229 e. The Kier molecular flexibility index (Phi) is 6.70. The summed E-state index contributed by atoms with van der Waals surface area (Å²) < 4.78 is 26.1. The molecule has 2 aromatic carbocycles. The van der Waals surface area contributed by atoms with Gasteiger partial charge in [0.1, 0.15) is 0 Å². The Morgan fingerprint density at radius 3 is 2.38 bits per heavy atom. The van der Waals surface area contributed by atoms with Crippen LogP contribution in [-0.4, -0.2) is 26.3 Å². The number of halogens is 1. The van der Waals surface area contributed by atoms with Gasteiger partial charge in [-0.05, 0) is 40.2 Å². The van der Waals surface area contributed by atoms with Crippen molar-refractivity contribution in [1.29, 1.82) is 0 Å². The monoisotopic (exact) mass is 428 g/mol. The van der Waals surface area contributed by atoms with Crippen molar-refractivity contribution >= 4 is 55.0 Å². The summed E-state index contributed by atoms with van der Waals surface area (Å²) in [5.41, 5.74) is 0.797. The van der Waals surface area contributed by atoms with Crippen LogP contribution in [0.1, 0.15) is 6.42 Å². The summed E-state index contributed by atoms with van der Waals surface area (Å²) in [6.07, 6.45) is 1.39. The zero-order chi connectivity index (χ0) is 17.6. The minimum absolute atomic E-state index is 0.169. The van der Waals surface area contributed by atoms with E-state index in [0.29, 0.717) is 23.5 Å². The van der Waals surface area contributed by atoms with Crippen LogP contribution in [0.3, 0.4) is 0 Å². The second-order valence-electron chi connectivity index (χ2n) is 5.00. The SMILES string of the molecule is CS(=O)(=O)Nc1ccccc1NC(=O)CCSc1ccccc1Br.